The summed E-state index contributed by atoms with van der Waals surface area (Å²) in [5.41, 5.74) is -4.07. The van der Waals surface area contributed by atoms with E-state index in [1.54, 1.807) is 28.3 Å². The van der Waals surface area contributed by atoms with E-state index in [4.69, 9.17) is 0 Å². The van der Waals surface area contributed by atoms with Crippen molar-refractivity contribution in [2.24, 2.45) is 0 Å². The van der Waals surface area contributed by atoms with Crippen LogP contribution in [0, 0.1) is 0 Å². The standard InChI is InChI=1S/C28H27F6N7O/c1-5-12-40-23(42)19-15-36-24(39-22(19)41(40)18-9-10-35-21(14-18)25(2,3)4)38-17-6-7-20-16(13-17)8-11-37-26(20,27(29,30)31)28(32,33)34/h5-7,9-10,13-15,37H,1,8,11-12H2,2-4H3,(H,36,38,39). The number of halogens is 6. The average Bonchev–Trinajstić information content (AvgIpc) is 3.17. The van der Waals surface area contributed by atoms with Gasteiger partial charge in [0.05, 0.1) is 12.2 Å². The van der Waals surface area contributed by atoms with Crippen molar-refractivity contribution >= 4 is 22.7 Å². The van der Waals surface area contributed by atoms with Crippen molar-refractivity contribution in [2.45, 2.75) is 57.0 Å². The third-order valence-electron chi connectivity index (χ3n) is 7.13. The van der Waals surface area contributed by atoms with Gasteiger partial charge in [0, 0.05) is 35.7 Å². The second kappa shape index (κ2) is 9.96. The molecule has 0 unspecified atom stereocenters. The lowest BCUT2D eigenvalue weighted by molar-refractivity contribution is -0.315. The third kappa shape index (κ3) is 4.72. The zero-order chi connectivity index (χ0) is 30.7. The molecule has 0 radical (unpaired) electrons. The number of hydrogen-bond donors (Lipinski definition) is 2. The Kier molecular flexibility index (Phi) is 6.95. The Hall–Kier alpha value is -4.20. The second-order valence-corrected chi connectivity index (χ2v) is 11.0. The number of nitrogens with zero attached hydrogens (tertiary/aromatic N) is 5. The fourth-order valence-electron chi connectivity index (χ4n) is 5.12. The summed E-state index contributed by atoms with van der Waals surface area (Å²) in [6, 6.07) is 6.70. The number of benzene rings is 1. The molecule has 2 N–H and O–H groups in total. The highest BCUT2D eigenvalue weighted by Crippen LogP contribution is 2.52. The molecule has 5 rings (SSSR count). The number of alkyl halides is 6. The van der Waals surface area contributed by atoms with Gasteiger partial charge in [0.1, 0.15) is 5.39 Å². The van der Waals surface area contributed by atoms with E-state index in [1.165, 1.54) is 16.9 Å². The van der Waals surface area contributed by atoms with Gasteiger partial charge in [-0.05, 0) is 41.8 Å². The van der Waals surface area contributed by atoms with Gasteiger partial charge in [-0.2, -0.15) is 31.3 Å². The Bertz CT molecular complexity index is 1720. The molecule has 1 aliphatic heterocycles. The number of aromatic nitrogens is 5. The molecule has 0 spiro atoms. The predicted octanol–water partition coefficient (Wildman–Crippen LogP) is 5.67. The van der Waals surface area contributed by atoms with Gasteiger partial charge < -0.3 is 5.32 Å². The SMILES string of the molecule is C=CCn1c(=O)c2cnc(Nc3ccc4c(c3)CCNC4(C(F)(F)F)C(F)(F)F)nc2n1-c1ccnc(C(C)(C)C)c1. The topological polar surface area (TPSA) is 89.7 Å². The fraction of sp³-hybridized carbons (Fsp3) is 0.357. The van der Waals surface area contributed by atoms with Crippen molar-refractivity contribution in [3.63, 3.8) is 0 Å². The molecule has 0 bridgehead atoms. The first-order valence-corrected chi connectivity index (χ1v) is 12.9. The Balaban J connectivity index is 1.60. The van der Waals surface area contributed by atoms with Crippen LogP contribution >= 0.6 is 0 Å². The zero-order valence-electron chi connectivity index (χ0n) is 22.9. The van der Waals surface area contributed by atoms with E-state index in [0.717, 1.165) is 17.8 Å². The minimum Gasteiger partial charge on any atom is -0.324 e. The van der Waals surface area contributed by atoms with E-state index in [1.807, 2.05) is 26.8 Å². The molecule has 8 nitrogen and oxygen atoms in total. The van der Waals surface area contributed by atoms with Crippen LogP contribution in [-0.4, -0.2) is 43.2 Å². The van der Waals surface area contributed by atoms with Gasteiger partial charge in [0.25, 0.3) is 5.56 Å². The molecule has 0 amide bonds. The number of rotatable bonds is 5. The number of fused-ring (bicyclic) bond motifs is 2. The lowest BCUT2D eigenvalue weighted by atomic mass is 9.80. The van der Waals surface area contributed by atoms with Crippen molar-refractivity contribution in [1.29, 1.82) is 0 Å². The summed E-state index contributed by atoms with van der Waals surface area (Å²) < 4.78 is 86.2. The largest absolute Gasteiger partial charge is 0.419 e. The maximum atomic E-state index is 13.9. The van der Waals surface area contributed by atoms with Gasteiger partial charge in [0.15, 0.2) is 5.65 Å². The normalized spacial score (nSPS) is 15.5. The van der Waals surface area contributed by atoms with E-state index in [2.05, 4.69) is 26.8 Å². The van der Waals surface area contributed by atoms with Crippen molar-refractivity contribution in [3.05, 3.63) is 82.6 Å². The van der Waals surface area contributed by atoms with E-state index in [0.29, 0.717) is 5.69 Å². The van der Waals surface area contributed by atoms with Gasteiger partial charge in [-0.25, -0.2) is 14.3 Å². The average molecular weight is 592 g/mol. The lowest BCUT2D eigenvalue weighted by Crippen LogP contribution is -2.65. The summed E-state index contributed by atoms with van der Waals surface area (Å²) in [5, 5.41) is 4.74. The second-order valence-electron chi connectivity index (χ2n) is 11.0. The maximum absolute atomic E-state index is 13.9. The minimum absolute atomic E-state index is 0.0103. The molecular formula is C28H27F6N7O. The first-order valence-electron chi connectivity index (χ1n) is 12.9. The highest BCUT2D eigenvalue weighted by molar-refractivity contribution is 5.77. The Morgan fingerprint density at radius 1 is 1.07 bits per heavy atom. The number of anilines is 2. The molecule has 1 aromatic carbocycles. The summed E-state index contributed by atoms with van der Waals surface area (Å²) in [6.07, 6.45) is -6.80. The lowest BCUT2D eigenvalue weighted by Gasteiger charge is -2.42. The molecule has 0 aliphatic carbocycles. The molecule has 14 heteroatoms. The van der Waals surface area contributed by atoms with Gasteiger partial charge in [0.2, 0.25) is 11.5 Å². The number of hydrogen-bond acceptors (Lipinski definition) is 6. The number of pyridine rings is 1. The first-order chi connectivity index (χ1) is 19.6. The van der Waals surface area contributed by atoms with Crippen molar-refractivity contribution < 1.29 is 26.3 Å². The summed E-state index contributed by atoms with van der Waals surface area (Å²) >= 11 is 0. The van der Waals surface area contributed by atoms with Gasteiger partial charge in [-0.15, -0.1) is 6.58 Å². The van der Waals surface area contributed by atoms with Crippen LogP contribution in [0.4, 0.5) is 38.0 Å². The van der Waals surface area contributed by atoms with E-state index in [9.17, 15) is 31.1 Å². The minimum atomic E-state index is -5.62. The van der Waals surface area contributed by atoms with E-state index in [-0.39, 0.29) is 52.2 Å². The van der Waals surface area contributed by atoms with Crippen LogP contribution in [0.3, 0.4) is 0 Å². The van der Waals surface area contributed by atoms with E-state index >= 15 is 0 Å². The maximum Gasteiger partial charge on any atom is 0.419 e. The van der Waals surface area contributed by atoms with Crippen LogP contribution in [0.15, 0.2) is 60.2 Å². The Labute approximate surface area is 236 Å². The number of nitrogens with one attached hydrogen (secondary N) is 2. The molecule has 1 aliphatic rings. The van der Waals surface area contributed by atoms with Gasteiger partial charge in [-0.1, -0.05) is 32.9 Å². The molecule has 222 valence electrons. The van der Waals surface area contributed by atoms with Crippen LogP contribution in [0.2, 0.25) is 0 Å². The quantitative estimate of drug-likeness (QED) is 0.230. The molecule has 0 fully saturated rings. The molecule has 0 saturated carbocycles. The van der Waals surface area contributed by atoms with Crippen LogP contribution < -0.4 is 16.2 Å². The summed E-state index contributed by atoms with van der Waals surface area (Å²) in [7, 11) is 0. The first kappa shape index (κ1) is 29.3. The predicted molar refractivity (Wildman–Crippen MR) is 145 cm³/mol. The highest BCUT2D eigenvalue weighted by atomic mass is 19.4. The van der Waals surface area contributed by atoms with Crippen LogP contribution in [0.5, 0.6) is 0 Å². The van der Waals surface area contributed by atoms with Gasteiger partial charge in [-0.3, -0.25) is 15.1 Å². The van der Waals surface area contributed by atoms with Crippen LogP contribution in [0.1, 0.15) is 37.6 Å². The molecular weight excluding hydrogens is 564 g/mol. The molecule has 42 heavy (non-hydrogen) atoms. The smallest absolute Gasteiger partial charge is 0.324 e. The molecule has 0 atom stereocenters. The Morgan fingerprint density at radius 2 is 1.79 bits per heavy atom. The Morgan fingerprint density at radius 3 is 2.43 bits per heavy atom. The molecule has 0 saturated heterocycles. The van der Waals surface area contributed by atoms with Gasteiger partial charge >= 0.3 is 12.4 Å². The third-order valence-corrected chi connectivity index (χ3v) is 7.13. The summed E-state index contributed by atoms with van der Waals surface area (Å²) in [5.74, 6) is -0.0103. The highest BCUT2D eigenvalue weighted by Gasteiger charge is 2.72. The van der Waals surface area contributed by atoms with Crippen LogP contribution in [0.25, 0.3) is 16.7 Å². The fourth-order valence-corrected chi connectivity index (χ4v) is 5.12. The van der Waals surface area contributed by atoms with E-state index < -0.39 is 30.0 Å². The molecule has 4 aromatic rings. The summed E-state index contributed by atoms with van der Waals surface area (Å²) in [6.45, 7) is 9.35. The molecule has 3 aromatic heterocycles. The van der Waals surface area contributed by atoms with Crippen LogP contribution in [-0.2, 0) is 23.9 Å². The molecule has 4 heterocycles. The number of allylic oxidation sites excluding steroid dienone is 1. The summed E-state index contributed by atoms with van der Waals surface area (Å²) in [4.78, 5) is 26.4. The zero-order valence-corrected chi connectivity index (χ0v) is 22.9. The van der Waals surface area contributed by atoms with Crippen molar-refractivity contribution in [1.82, 2.24) is 29.6 Å². The monoisotopic (exact) mass is 591 g/mol. The van der Waals surface area contributed by atoms with Crippen molar-refractivity contribution in [3.8, 4) is 5.69 Å². The van der Waals surface area contributed by atoms with Crippen molar-refractivity contribution in [2.75, 3.05) is 11.9 Å².